The number of nitrogens with two attached hydrogens (primary N) is 1. The lowest BCUT2D eigenvalue weighted by Gasteiger charge is -2.11. The number of benzene rings is 1. The van der Waals surface area contributed by atoms with Gasteiger partial charge in [0.05, 0.1) is 13.7 Å². The van der Waals surface area contributed by atoms with Crippen molar-refractivity contribution in [3.8, 4) is 17.1 Å². The Kier molecular flexibility index (Phi) is 3.72. The van der Waals surface area contributed by atoms with Gasteiger partial charge in [-0.2, -0.15) is 0 Å². The molecule has 0 unspecified atom stereocenters. The van der Waals surface area contributed by atoms with Crippen LogP contribution in [0, 0.1) is 0 Å². The maximum atomic E-state index is 5.96. The topological polar surface area (TPSA) is 70.3 Å². The van der Waals surface area contributed by atoms with Crippen LogP contribution in [0.15, 0.2) is 29.6 Å². The Morgan fingerprint density at radius 1 is 1.19 bits per heavy atom. The summed E-state index contributed by atoms with van der Waals surface area (Å²) in [5.74, 6) is 1.37. The fourth-order valence-corrected chi connectivity index (χ4v) is 2.98. The molecule has 2 N–H and O–H groups in total. The molecule has 0 saturated heterocycles. The first-order valence-electron chi connectivity index (χ1n) is 6.40. The highest BCUT2D eigenvalue weighted by molar-refractivity contribution is 7.17. The summed E-state index contributed by atoms with van der Waals surface area (Å²) >= 11 is 1.71. The molecule has 1 aromatic carbocycles. The summed E-state index contributed by atoms with van der Waals surface area (Å²) in [5, 5.41) is 3.23. The molecular weight excluding hydrogens is 286 g/mol. The number of aromatic nitrogens is 2. The van der Waals surface area contributed by atoms with Crippen LogP contribution in [0.4, 0.5) is 5.82 Å². The highest BCUT2D eigenvalue weighted by Gasteiger charge is 2.14. The van der Waals surface area contributed by atoms with E-state index in [9.17, 15) is 0 Å². The zero-order valence-electron chi connectivity index (χ0n) is 11.8. The maximum absolute atomic E-state index is 5.96. The normalized spacial score (nSPS) is 11.0. The van der Waals surface area contributed by atoms with Crippen LogP contribution in [-0.2, 0) is 11.3 Å². The number of nitrogen functional groups attached to an aromatic ring is 1. The molecule has 0 aliphatic carbocycles. The molecule has 0 aliphatic heterocycles. The highest BCUT2D eigenvalue weighted by atomic mass is 32.1. The summed E-state index contributed by atoms with van der Waals surface area (Å²) < 4.78 is 11.6. The molecule has 2 heterocycles. The van der Waals surface area contributed by atoms with Gasteiger partial charge in [-0.05, 0) is 35.0 Å². The molecule has 3 aromatic rings. The van der Waals surface area contributed by atoms with E-state index in [1.165, 1.54) is 10.1 Å². The van der Waals surface area contributed by atoms with E-state index < -0.39 is 0 Å². The van der Waals surface area contributed by atoms with Crippen molar-refractivity contribution >= 4 is 27.2 Å². The molecule has 0 fully saturated rings. The Bertz CT molecular complexity index is 786. The quantitative estimate of drug-likeness (QED) is 0.802. The Hall–Kier alpha value is -2.18. The van der Waals surface area contributed by atoms with E-state index in [-0.39, 0.29) is 0 Å². The molecule has 0 amide bonds. The van der Waals surface area contributed by atoms with Crippen LogP contribution in [0.1, 0.15) is 5.69 Å². The van der Waals surface area contributed by atoms with Crippen molar-refractivity contribution in [3.63, 3.8) is 0 Å². The number of rotatable bonds is 4. The predicted molar refractivity (Wildman–Crippen MR) is 84.5 cm³/mol. The molecule has 5 nitrogen and oxygen atoms in total. The van der Waals surface area contributed by atoms with Gasteiger partial charge in [0.1, 0.15) is 5.69 Å². The number of fused-ring (bicyclic) bond motifs is 1. The number of hydrogen-bond donors (Lipinski definition) is 1. The van der Waals surface area contributed by atoms with Gasteiger partial charge in [-0.15, -0.1) is 11.3 Å². The van der Waals surface area contributed by atoms with E-state index >= 15 is 0 Å². The largest absolute Gasteiger partial charge is 0.491 e. The fourth-order valence-electron chi connectivity index (χ4n) is 2.21. The third kappa shape index (κ3) is 2.55. The van der Waals surface area contributed by atoms with E-state index in [0.717, 1.165) is 5.56 Å². The third-order valence-electron chi connectivity index (χ3n) is 3.16. The number of hydrogen-bond acceptors (Lipinski definition) is 6. The summed E-state index contributed by atoms with van der Waals surface area (Å²) in [7, 11) is 3.15. The lowest BCUT2D eigenvalue weighted by molar-refractivity contribution is 0.178. The molecule has 0 saturated carbocycles. The molecule has 108 valence electrons. The van der Waals surface area contributed by atoms with Crippen LogP contribution in [0.3, 0.4) is 0 Å². The fraction of sp³-hybridized carbons (Fsp3) is 0.200. The van der Waals surface area contributed by atoms with Gasteiger partial charge in [0.2, 0.25) is 0 Å². The number of anilines is 1. The summed E-state index contributed by atoms with van der Waals surface area (Å²) in [6.45, 7) is 0.323. The molecule has 0 spiro atoms. The Morgan fingerprint density at radius 2 is 2.05 bits per heavy atom. The molecule has 21 heavy (non-hydrogen) atoms. The predicted octanol–water partition coefficient (Wildman–Crippen LogP) is 3.10. The van der Waals surface area contributed by atoms with Gasteiger partial charge in [0.25, 0.3) is 0 Å². The minimum absolute atomic E-state index is 0.319. The average Bonchev–Trinajstić information content (AvgIpc) is 2.94. The molecule has 0 bridgehead atoms. The Labute approximate surface area is 126 Å². The minimum atomic E-state index is 0.319. The van der Waals surface area contributed by atoms with Gasteiger partial charge >= 0.3 is 0 Å². The summed E-state index contributed by atoms with van der Waals surface area (Å²) in [4.78, 5) is 8.86. The lowest BCUT2D eigenvalue weighted by Crippen LogP contribution is -2.06. The van der Waals surface area contributed by atoms with Gasteiger partial charge in [0, 0.05) is 17.4 Å². The Balaban J connectivity index is 2.12. The smallest absolute Gasteiger partial charge is 0.185 e. The van der Waals surface area contributed by atoms with Crippen molar-refractivity contribution in [2.45, 2.75) is 6.61 Å². The second kappa shape index (κ2) is 5.67. The lowest BCUT2D eigenvalue weighted by atomic mass is 10.1. The molecular formula is C15H15N3O2S. The first kappa shape index (κ1) is 13.8. The van der Waals surface area contributed by atoms with Crippen LogP contribution in [0.5, 0.6) is 5.75 Å². The first-order chi connectivity index (χ1) is 10.2. The second-order valence-corrected chi connectivity index (χ2v) is 5.47. The SMILES string of the molecule is COCc1nc(-c2ccc3sccc3c2)nc(N)c1OC. The van der Waals surface area contributed by atoms with Crippen molar-refractivity contribution in [1.82, 2.24) is 9.97 Å². The standard InChI is InChI=1S/C15H15N3O2S/c1-19-8-11-13(20-2)14(16)18-15(17-11)10-3-4-12-9(7-10)5-6-21-12/h3-7H,8H2,1-2H3,(H2,16,17,18). The van der Waals surface area contributed by atoms with Crippen molar-refractivity contribution in [2.75, 3.05) is 20.0 Å². The van der Waals surface area contributed by atoms with Gasteiger partial charge < -0.3 is 15.2 Å². The van der Waals surface area contributed by atoms with Gasteiger partial charge in [0.15, 0.2) is 17.4 Å². The van der Waals surface area contributed by atoms with E-state index in [2.05, 4.69) is 33.5 Å². The van der Waals surface area contributed by atoms with Crippen molar-refractivity contribution < 1.29 is 9.47 Å². The van der Waals surface area contributed by atoms with E-state index in [1.807, 2.05) is 6.07 Å². The van der Waals surface area contributed by atoms with E-state index in [0.29, 0.717) is 29.7 Å². The summed E-state index contributed by atoms with van der Waals surface area (Å²) in [5.41, 5.74) is 7.53. The van der Waals surface area contributed by atoms with E-state index in [1.54, 1.807) is 25.6 Å². The first-order valence-corrected chi connectivity index (χ1v) is 7.28. The monoisotopic (exact) mass is 301 g/mol. The maximum Gasteiger partial charge on any atom is 0.185 e. The molecule has 2 aromatic heterocycles. The second-order valence-electron chi connectivity index (χ2n) is 4.52. The van der Waals surface area contributed by atoms with Gasteiger partial charge in [-0.25, -0.2) is 9.97 Å². The van der Waals surface area contributed by atoms with Crippen molar-refractivity contribution in [1.29, 1.82) is 0 Å². The zero-order valence-corrected chi connectivity index (χ0v) is 12.6. The van der Waals surface area contributed by atoms with Crippen molar-refractivity contribution in [3.05, 3.63) is 35.3 Å². The molecule has 6 heteroatoms. The third-order valence-corrected chi connectivity index (χ3v) is 4.06. The summed E-state index contributed by atoms with van der Waals surface area (Å²) in [6.07, 6.45) is 0. The zero-order chi connectivity index (χ0) is 14.8. The molecule has 0 radical (unpaired) electrons. The van der Waals surface area contributed by atoms with Crippen LogP contribution >= 0.6 is 11.3 Å². The van der Waals surface area contributed by atoms with Crippen LogP contribution in [-0.4, -0.2) is 24.2 Å². The number of ether oxygens (including phenoxy) is 2. The molecule has 0 aliphatic rings. The van der Waals surface area contributed by atoms with Gasteiger partial charge in [-0.3, -0.25) is 0 Å². The Morgan fingerprint density at radius 3 is 2.81 bits per heavy atom. The molecule has 3 rings (SSSR count). The minimum Gasteiger partial charge on any atom is -0.491 e. The van der Waals surface area contributed by atoms with Gasteiger partial charge in [-0.1, -0.05) is 0 Å². The highest BCUT2D eigenvalue weighted by Crippen LogP contribution is 2.30. The van der Waals surface area contributed by atoms with Crippen LogP contribution in [0.2, 0.25) is 0 Å². The number of methoxy groups -OCH3 is 2. The number of nitrogens with zero attached hydrogens (tertiary/aromatic N) is 2. The van der Waals surface area contributed by atoms with E-state index in [4.69, 9.17) is 15.2 Å². The molecule has 0 atom stereocenters. The van der Waals surface area contributed by atoms with Crippen LogP contribution < -0.4 is 10.5 Å². The average molecular weight is 301 g/mol. The van der Waals surface area contributed by atoms with Crippen LogP contribution in [0.25, 0.3) is 21.5 Å². The van der Waals surface area contributed by atoms with Crippen molar-refractivity contribution in [2.24, 2.45) is 0 Å². The number of thiophene rings is 1. The summed E-state index contributed by atoms with van der Waals surface area (Å²) in [6, 6.07) is 8.20.